The second-order valence-electron chi connectivity index (χ2n) is 4.97. The largest absolute Gasteiger partial charge is 0.305 e. The van der Waals surface area contributed by atoms with E-state index in [2.05, 4.69) is 24.4 Å². The molecule has 106 valence electrons. The molecule has 2 heterocycles. The Hall–Kier alpha value is -0.840. The van der Waals surface area contributed by atoms with Gasteiger partial charge in [0, 0.05) is 27.2 Å². The maximum absolute atomic E-state index is 13.4. The summed E-state index contributed by atoms with van der Waals surface area (Å²) < 4.78 is 13.4. The molecule has 1 nitrogen and oxygen atoms in total. The highest BCUT2D eigenvalue weighted by Crippen LogP contribution is 2.36. The van der Waals surface area contributed by atoms with Crippen molar-refractivity contribution in [3.8, 4) is 0 Å². The summed E-state index contributed by atoms with van der Waals surface area (Å²) in [6.07, 6.45) is 2.16. The van der Waals surface area contributed by atoms with Crippen molar-refractivity contribution in [1.29, 1.82) is 0 Å². The number of aryl methyl sites for hydroxylation is 1. The molecule has 0 amide bonds. The van der Waals surface area contributed by atoms with E-state index in [-0.39, 0.29) is 11.9 Å². The summed E-state index contributed by atoms with van der Waals surface area (Å²) in [4.78, 5) is 4.00. The van der Waals surface area contributed by atoms with Gasteiger partial charge in [-0.3, -0.25) is 0 Å². The summed E-state index contributed by atoms with van der Waals surface area (Å²) in [6, 6.07) is 9.82. The fourth-order valence-electron chi connectivity index (χ4n) is 2.51. The van der Waals surface area contributed by atoms with Crippen LogP contribution in [0.5, 0.6) is 0 Å². The third-order valence-corrected chi connectivity index (χ3v) is 5.95. The van der Waals surface area contributed by atoms with E-state index < -0.39 is 0 Å². The molecule has 0 radical (unpaired) electrons. The standard InChI is InChI=1S/C16H18FNS2/c1-2-12-4-5-13(20-12)10-18-15-7-8-19-16-6-3-11(17)9-14(15)16/h3-6,9,15,18H,2,7-8,10H2,1H3. The first kappa shape index (κ1) is 14.1. The van der Waals surface area contributed by atoms with Gasteiger partial charge in [-0.1, -0.05) is 6.92 Å². The molecule has 1 atom stereocenters. The second kappa shape index (κ2) is 6.29. The van der Waals surface area contributed by atoms with Crippen LogP contribution in [0.1, 0.15) is 34.7 Å². The Kier molecular flexibility index (Phi) is 4.44. The van der Waals surface area contributed by atoms with Gasteiger partial charge < -0.3 is 5.32 Å². The molecule has 0 saturated carbocycles. The summed E-state index contributed by atoms with van der Waals surface area (Å²) in [7, 11) is 0. The van der Waals surface area contributed by atoms with Crippen LogP contribution in [0.2, 0.25) is 0 Å². The van der Waals surface area contributed by atoms with Crippen molar-refractivity contribution in [1.82, 2.24) is 5.32 Å². The highest BCUT2D eigenvalue weighted by Gasteiger charge is 2.20. The minimum atomic E-state index is -0.137. The Morgan fingerprint density at radius 3 is 2.90 bits per heavy atom. The van der Waals surface area contributed by atoms with Gasteiger partial charge in [-0.15, -0.1) is 23.1 Å². The topological polar surface area (TPSA) is 12.0 Å². The van der Waals surface area contributed by atoms with Gasteiger partial charge in [0.05, 0.1) is 0 Å². The van der Waals surface area contributed by atoms with Gasteiger partial charge >= 0.3 is 0 Å². The van der Waals surface area contributed by atoms with Crippen molar-refractivity contribution < 1.29 is 4.39 Å². The molecule has 0 spiro atoms. The van der Waals surface area contributed by atoms with Crippen molar-refractivity contribution in [2.24, 2.45) is 0 Å². The zero-order valence-electron chi connectivity index (χ0n) is 11.5. The quantitative estimate of drug-likeness (QED) is 0.872. The number of halogens is 1. The minimum Gasteiger partial charge on any atom is -0.305 e. The van der Waals surface area contributed by atoms with Crippen LogP contribution in [0.25, 0.3) is 0 Å². The van der Waals surface area contributed by atoms with Gasteiger partial charge in [0.2, 0.25) is 0 Å². The average Bonchev–Trinajstić information content (AvgIpc) is 2.93. The number of benzene rings is 1. The molecule has 1 aliphatic rings. The molecule has 0 fully saturated rings. The highest BCUT2D eigenvalue weighted by atomic mass is 32.2. The first-order valence-electron chi connectivity index (χ1n) is 6.99. The molecule has 1 aliphatic heterocycles. The summed E-state index contributed by atoms with van der Waals surface area (Å²) >= 11 is 3.69. The van der Waals surface area contributed by atoms with Crippen molar-refractivity contribution in [3.05, 3.63) is 51.5 Å². The van der Waals surface area contributed by atoms with Crippen LogP contribution in [0.4, 0.5) is 4.39 Å². The van der Waals surface area contributed by atoms with Crippen molar-refractivity contribution in [2.75, 3.05) is 5.75 Å². The van der Waals surface area contributed by atoms with Crippen LogP contribution in [0.15, 0.2) is 35.2 Å². The monoisotopic (exact) mass is 307 g/mol. The minimum absolute atomic E-state index is 0.137. The molecule has 0 aliphatic carbocycles. The zero-order chi connectivity index (χ0) is 13.9. The van der Waals surface area contributed by atoms with Gasteiger partial charge in [0.25, 0.3) is 0 Å². The molecular weight excluding hydrogens is 289 g/mol. The van der Waals surface area contributed by atoms with Crippen molar-refractivity contribution in [3.63, 3.8) is 0 Å². The molecule has 20 heavy (non-hydrogen) atoms. The molecule has 1 aromatic heterocycles. The Labute approximate surface area is 127 Å². The third-order valence-electron chi connectivity index (χ3n) is 3.60. The molecule has 1 N–H and O–H groups in total. The number of rotatable bonds is 4. The fraction of sp³-hybridized carbons (Fsp3) is 0.375. The van der Waals surface area contributed by atoms with E-state index in [0.29, 0.717) is 0 Å². The second-order valence-corrected chi connectivity index (χ2v) is 7.36. The number of fused-ring (bicyclic) bond motifs is 1. The van der Waals surface area contributed by atoms with Gasteiger partial charge in [0.15, 0.2) is 0 Å². The lowest BCUT2D eigenvalue weighted by atomic mass is 10.0. The van der Waals surface area contributed by atoms with Crippen LogP contribution < -0.4 is 5.32 Å². The molecule has 3 rings (SSSR count). The number of hydrogen-bond donors (Lipinski definition) is 1. The number of thiophene rings is 1. The molecule has 0 saturated heterocycles. The Morgan fingerprint density at radius 1 is 1.25 bits per heavy atom. The maximum Gasteiger partial charge on any atom is 0.123 e. The first-order valence-corrected chi connectivity index (χ1v) is 8.79. The van der Waals surface area contributed by atoms with Crippen molar-refractivity contribution >= 4 is 23.1 Å². The number of hydrogen-bond acceptors (Lipinski definition) is 3. The molecule has 2 aromatic rings. The molecular formula is C16H18FNS2. The Balaban J connectivity index is 1.71. The lowest BCUT2D eigenvalue weighted by molar-refractivity contribution is 0.507. The maximum atomic E-state index is 13.4. The summed E-state index contributed by atoms with van der Waals surface area (Å²) in [5.41, 5.74) is 1.12. The van der Waals surface area contributed by atoms with E-state index in [1.54, 1.807) is 12.1 Å². The first-order chi connectivity index (χ1) is 9.76. The van der Waals surface area contributed by atoms with Crippen LogP contribution in [-0.4, -0.2) is 5.75 Å². The zero-order valence-corrected chi connectivity index (χ0v) is 13.1. The van der Waals surface area contributed by atoms with E-state index in [1.165, 1.54) is 14.6 Å². The van der Waals surface area contributed by atoms with Crippen LogP contribution >= 0.6 is 23.1 Å². The van der Waals surface area contributed by atoms with E-state index in [1.807, 2.05) is 29.2 Å². The SMILES string of the molecule is CCc1ccc(CNC2CCSc3ccc(F)cc32)s1. The smallest absolute Gasteiger partial charge is 0.123 e. The molecule has 0 bridgehead atoms. The van der Waals surface area contributed by atoms with Crippen LogP contribution in [-0.2, 0) is 13.0 Å². The number of thioether (sulfide) groups is 1. The summed E-state index contributed by atoms with van der Waals surface area (Å²) in [6.45, 7) is 3.05. The summed E-state index contributed by atoms with van der Waals surface area (Å²) in [5, 5.41) is 3.59. The average molecular weight is 307 g/mol. The lowest BCUT2D eigenvalue weighted by Gasteiger charge is -2.26. The number of nitrogens with one attached hydrogen (secondary N) is 1. The Bertz CT molecular complexity index is 594. The highest BCUT2D eigenvalue weighted by molar-refractivity contribution is 7.99. The van der Waals surface area contributed by atoms with E-state index in [0.717, 1.165) is 30.7 Å². The van der Waals surface area contributed by atoms with E-state index >= 15 is 0 Å². The van der Waals surface area contributed by atoms with Gasteiger partial charge in [-0.05, 0) is 54.5 Å². The lowest BCUT2D eigenvalue weighted by Crippen LogP contribution is -2.24. The van der Waals surface area contributed by atoms with Gasteiger partial charge in [-0.2, -0.15) is 0 Å². The predicted octanol–water partition coefficient (Wildman–Crippen LogP) is 4.78. The van der Waals surface area contributed by atoms with E-state index in [4.69, 9.17) is 0 Å². The molecule has 1 aromatic carbocycles. The Morgan fingerprint density at radius 2 is 2.10 bits per heavy atom. The predicted molar refractivity (Wildman–Crippen MR) is 85.0 cm³/mol. The normalized spacial score (nSPS) is 18.0. The van der Waals surface area contributed by atoms with Crippen LogP contribution in [0.3, 0.4) is 0 Å². The molecule has 4 heteroatoms. The fourth-order valence-corrected chi connectivity index (χ4v) is 4.52. The van der Waals surface area contributed by atoms with Gasteiger partial charge in [0.1, 0.15) is 5.82 Å². The van der Waals surface area contributed by atoms with E-state index in [9.17, 15) is 4.39 Å². The molecule has 1 unspecified atom stereocenters. The van der Waals surface area contributed by atoms with Crippen LogP contribution in [0, 0.1) is 5.82 Å². The summed E-state index contributed by atoms with van der Waals surface area (Å²) in [5.74, 6) is 0.962. The van der Waals surface area contributed by atoms with Crippen molar-refractivity contribution in [2.45, 2.75) is 37.2 Å². The third kappa shape index (κ3) is 3.08. The van der Waals surface area contributed by atoms with Gasteiger partial charge in [-0.25, -0.2) is 4.39 Å².